The van der Waals surface area contributed by atoms with Crippen molar-refractivity contribution < 1.29 is 9.53 Å². The molecule has 1 fully saturated rings. The van der Waals surface area contributed by atoms with Crippen LogP contribution in [0.3, 0.4) is 0 Å². The van der Waals surface area contributed by atoms with Gasteiger partial charge in [-0.05, 0) is 31.0 Å². The zero-order valence-electron chi connectivity index (χ0n) is 16.1. The lowest BCUT2D eigenvalue weighted by atomic mass is 10.1. The van der Waals surface area contributed by atoms with E-state index in [1.807, 2.05) is 24.4 Å². The Morgan fingerprint density at radius 1 is 1.38 bits per heavy atom. The van der Waals surface area contributed by atoms with E-state index in [0.29, 0.717) is 23.0 Å². The fourth-order valence-electron chi connectivity index (χ4n) is 3.71. The van der Waals surface area contributed by atoms with Crippen LogP contribution in [0.4, 0.5) is 11.5 Å². The molecule has 1 saturated heterocycles. The third-order valence-corrected chi connectivity index (χ3v) is 5.33. The highest BCUT2D eigenvalue weighted by Crippen LogP contribution is 2.32. The first-order valence-electron chi connectivity index (χ1n) is 9.54. The summed E-state index contributed by atoms with van der Waals surface area (Å²) in [5.41, 5.74) is 1.51. The maximum Gasteiger partial charge on any atom is 0.239 e. The molecule has 3 N–H and O–H groups in total. The second-order valence-electron chi connectivity index (χ2n) is 6.96. The van der Waals surface area contributed by atoms with Crippen molar-refractivity contribution in [2.24, 2.45) is 0 Å². The Bertz CT molecular complexity index is 1010. The topological polar surface area (TPSA) is 95.2 Å². The molecule has 0 saturated carbocycles. The van der Waals surface area contributed by atoms with Gasteiger partial charge in [0.2, 0.25) is 5.91 Å². The number of carbonyl (C=O) groups excluding carboxylic acids is 1. The highest BCUT2D eigenvalue weighted by atomic mass is 35.5. The van der Waals surface area contributed by atoms with Crippen LogP contribution in [0.25, 0.3) is 11.0 Å². The van der Waals surface area contributed by atoms with Gasteiger partial charge in [0.1, 0.15) is 17.8 Å². The third-order valence-electron chi connectivity index (χ3n) is 5.03. The van der Waals surface area contributed by atoms with E-state index in [2.05, 4.69) is 30.5 Å². The van der Waals surface area contributed by atoms with Crippen LogP contribution in [0.15, 0.2) is 36.8 Å². The van der Waals surface area contributed by atoms with Gasteiger partial charge in [-0.15, -0.1) is 0 Å². The standard InChI is InChI=1S/C20H23ClN6O2/c1-29-18-15(21)5-2-6-16(18)23-10-17(28)26-13-4-3-9-27(11-13)20-14-7-8-22-19(14)24-12-25-20/h2,5-8,12-13,23H,3-4,9-11H2,1H3,(H,26,28)(H,22,24,25). The monoisotopic (exact) mass is 414 g/mol. The molecule has 152 valence electrons. The molecule has 9 heteroatoms. The Kier molecular flexibility index (Phi) is 5.71. The number of nitrogens with one attached hydrogen (secondary N) is 3. The number of nitrogens with zero attached hydrogens (tertiary/aromatic N) is 3. The molecule has 29 heavy (non-hydrogen) atoms. The average Bonchev–Trinajstić information content (AvgIpc) is 3.21. The fraction of sp³-hybridized carbons (Fsp3) is 0.350. The first-order valence-corrected chi connectivity index (χ1v) is 9.92. The minimum absolute atomic E-state index is 0.0586. The summed E-state index contributed by atoms with van der Waals surface area (Å²) < 4.78 is 5.30. The number of para-hydroxylation sites is 1. The number of hydrogen-bond acceptors (Lipinski definition) is 6. The Labute approximate surface area is 173 Å². The van der Waals surface area contributed by atoms with Crippen LogP contribution in [-0.2, 0) is 4.79 Å². The van der Waals surface area contributed by atoms with E-state index in [9.17, 15) is 4.79 Å². The quantitative estimate of drug-likeness (QED) is 0.574. The van der Waals surface area contributed by atoms with Gasteiger partial charge in [-0.2, -0.15) is 0 Å². The minimum atomic E-state index is -0.0756. The van der Waals surface area contributed by atoms with Gasteiger partial charge in [0.05, 0.1) is 29.8 Å². The van der Waals surface area contributed by atoms with Gasteiger partial charge in [-0.3, -0.25) is 4.79 Å². The second kappa shape index (κ2) is 8.57. The van der Waals surface area contributed by atoms with E-state index < -0.39 is 0 Å². The van der Waals surface area contributed by atoms with Crippen LogP contribution in [0, 0.1) is 0 Å². The van der Waals surface area contributed by atoms with Crippen molar-refractivity contribution in [3.63, 3.8) is 0 Å². The Balaban J connectivity index is 1.37. The molecule has 1 aliphatic rings. The lowest BCUT2D eigenvalue weighted by Gasteiger charge is -2.34. The van der Waals surface area contributed by atoms with E-state index in [-0.39, 0.29) is 18.5 Å². The normalized spacial score (nSPS) is 16.6. The van der Waals surface area contributed by atoms with Gasteiger partial charge < -0.3 is 25.3 Å². The molecule has 3 aromatic rings. The summed E-state index contributed by atoms with van der Waals surface area (Å²) >= 11 is 6.12. The molecule has 1 aliphatic heterocycles. The van der Waals surface area contributed by atoms with E-state index >= 15 is 0 Å². The van der Waals surface area contributed by atoms with Crippen molar-refractivity contribution in [2.45, 2.75) is 18.9 Å². The van der Waals surface area contributed by atoms with E-state index in [4.69, 9.17) is 16.3 Å². The van der Waals surface area contributed by atoms with Crippen LogP contribution in [0.1, 0.15) is 12.8 Å². The number of fused-ring (bicyclic) bond motifs is 1. The summed E-state index contributed by atoms with van der Waals surface area (Å²) in [7, 11) is 1.55. The summed E-state index contributed by atoms with van der Waals surface area (Å²) in [6, 6.07) is 7.43. The highest BCUT2D eigenvalue weighted by Gasteiger charge is 2.24. The molecule has 0 spiro atoms. The van der Waals surface area contributed by atoms with E-state index in [0.717, 1.165) is 36.2 Å². The molecular weight excluding hydrogens is 392 g/mol. The number of aromatic amines is 1. The molecule has 4 rings (SSSR count). The lowest BCUT2D eigenvalue weighted by Crippen LogP contribution is -2.49. The highest BCUT2D eigenvalue weighted by molar-refractivity contribution is 6.32. The first-order chi connectivity index (χ1) is 14.2. The maximum absolute atomic E-state index is 12.5. The molecule has 0 aliphatic carbocycles. The number of methoxy groups -OCH3 is 1. The van der Waals surface area contributed by atoms with Crippen molar-refractivity contribution in [3.8, 4) is 5.75 Å². The summed E-state index contributed by atoms with van der Waals surface area (Å²) in [6.45, 7) is 1.76. The molecule has 1 atom stereocenters. The SMILES string of the molecule is COc1c(Cl)cccc1NCC(=O)NC1CCCN(c2ncnc3[nH]ccc23)C1. The van der Waals surface area contributed by atoms with Crippen molar-refractivity contribution in [1.82, 2.24) is 20.3 Å². The summed E-state index contributed by atoms with van der Waals surface area (Å²) in [6.07, 6.45) is 5.35. The number of benzene rings is 1. The second-order valence-corrected chi connectivity index (χ2v) is 7.37. The number of carbonyl (C=O) groups is 1. The van der Waals surface area contributed by atoms with Crippen LogP contribution in [0.5, 0.6) is 5.75 Å². The smallest absolute Gasteiger partial charge is 0.239 e. The predicted octanol–water partition coefficient (Wildman–Crippen LogP) is 2.82. The van der Waals surface area contributed by atoms with Gasteiger partial charge in [0, 0.05) is 25.3 Å². The molecule has 1 unspecified atom stereocenters. The molecule has 0 radical (unpaired) electrons. The average molecular weight is 415 g/mol. The lowest BCUT2D eigenvalue weighted by molar-refractivity contribution is -0.120. The predicted molar refractivity (Wildman–Crippen MR) is 114 cm³/mol. The number of hydrogen-bond donors (Lipinski definition) is 3. The van der Waals surface area contributed by atoms with Gasteiger partial charge in [0.25, 0.3) is 0 Å². The van der Waals surface area contributed by atoms with Crippen molar-refractivity contribution in [1.29, 1.82) is 0 Å². The number of rotatable bonds is 6. The fourth-order valence-corrected chi connectivity index (χ4v) is 3.96. The van der Waals surface area contributed by atoms with Crippen molar-refractivity contribution >= 4 is 40.0 Å². The Hall–Kier alpha value is -3.00. The Morgan fingerprint density at radius 2 is 2.28 bits per heavy atom. The van der Waals surface area contributed by atoms with Crippen LogP contribution >= 0.6 is 11.6 Å². The summed E-state index contributed by atoms with van der Waals surface area (Å²) in [5.74, 6) is 1.36. The zero-order chi connectivity index (χ0) is 20.2. The minimum Gasteiger partial charge on any atom is -0.493 e. The van der Waals surface area contributed by atoms with Gasteiger partial charge in [0.15, 0.2) is 5.75 Å². The molecular formula is C20H23ClN6O2. The van der Waals surface area contributed by atoms with E-state index in [1.54, 1.807) is 19.5 Å². The molecule has 0 bridgehead atoms. The number of amides is 1. The van der Waals surface area contributed by atoms with Gasteiger partial charge in [-0.1, -0.05) is 17.7 Å². The number of halogens is 1. The molecule has 1 aromatic carbocycles. The molecule has 1 amide bonds. The molecule has 8 nitrogen and oxygen atoms in total. The third kappa shape index (κ3) is 4.22. The van der Waals surface area contributed by atoms with Crippen molar-refractivity contribution in [3.05, 3.63) is 41.8 Å². The Morgan fingerprint density at radius 3 is 3.14 bits per heavy atom. The van der Waals surface area contributed by atoms with Crippen LogP contribution in [0.2, 0.25) is 5.02 Å². The number of aromatic nitrogens is 3. The molecule has 2 aromatic heterocycles. The van der Waals surface area contributed by atoms with E-state index in [1.165, 1.54) is 0 Å². The van der Waals surface area contributed by atoms with Crippen molar-refractivity contribution in [2.75, 3.05) is 37.0 Å². The zero-order valence-corrected chi connectivity index (χ0v) is 16.9. The van der Waals surface area contributed by atoms with Gasteiger partial charge in [-0.25, -0.2) is 9.97 Å². The number of anilines is 2. The largest absolute Gasteiger partial charge is 0.493 e. The maximum atomic E-state index is 12.5. The number of H-pyrrole nitrogens is 1. The summed E-state index contributed by atoms with van der Waals surface area (Å²) in [4.78, 5) is 26.5. The first kappa shape index (κ1) is 19.3. The van der Waals surface area contributed by atoms with Crippen LogP contribution in [-0.4, -0.2) is 53.6 Å². The number of ether oxygens (including phenoxy) is 1. The summed E-state index contributed by atoms with van der Waals surface area (Å²) in [5, 5.41) is 7.71. The van der Waals surface area contributed by atoms with Crippen LogP contribution < -0.4 is 20.3 Å². The van der Waals surface area contributed by atoms with Gasteiger partial charge >= 0.3 is 0 Å². The molecule has 3 heterocycles. The number of piperidine rings is 1.